The molecule has 0 aliphatic carbocycles. The molecular formula is C14H19BrN4OS. The maximum absolute atomic E-state index is 13.3. The molecule has 0 amide bonds. The highest BCUT2D eigenvalue weighted by Crippen LogP contribution is 2.43. The number of guanidine groups is 1. The molecule has 3 rings (SSSR count). The molecule has 0 aromatic carbocycles. The van der Waals surface area contributed by atoms with Gasteiger partial charge >= 0.3 is 0 Å². The van der Waals surface area contributed by atoms with Crippen LogP contribution in [0.15, 0.2) is 20.9 Å². The van der Waals surface area contributed by atoms with Crippen molar-refractivity contribution in [1.29, 1.82) is 0 Å². The molecule has 1 saturated heterocycles. The summed E-state index contributed by atoms with van der Waals surface area (Å²) < 4.78 is 0.989. The average molecular weight is 371 g/mol. The van der Waals surface area contributed by atoms with Crippen molar-refractivity contribution in [3.8, 4) is 0 Å². The van der Waals surface area contributed by atoms with Crippen molar-refractivity contribution in [3.63, 3.8) is 0 Å². The Balaban J connectivity index is 2.13. The first-order valence-corrected chi connectivity index (χ1v) is 8.54. The number of halogens is 1. The van der Waals surface area contributed by atoms with Crippen molar-refractivity contribution in [2.24, 2.45) is 10.7 Å². The Morgan fingerprint density at radius 1 is 1.48 bits per heavy atom. The molecule has 1 spiro atoms. The summed E-state index contributed by atoms with van der Waals surface area (Å²) in [7, 11) is 3.86. The minimum Gasteiger partial charge on any atom is -0.370 e. The number of carbonyl (C=O) groups excluding carboxylic acids is 1. The third-order valence-corrected chi connectivity index (χ3v) is 6.60. The van der Waals surface area contributed by atoms with E-state index in [0.29, 0.717) is 12.5 Å². The lowest BCUT2D eigenvalue weighted by molar-refractivity contribution is -0.134. The van der Waals surface area contributed by atoms with E-state index >= 15 is 0 Å². The van der Waals surface area contributed by atoms with Gasteiger partial charge in [0.05, 0.1) is 0 Å². The maximum Gasteiger partial charge on any atom is 0.193 e. The molecule has 5 nitrogen and oxygen atoms in total. The first-order valence-electron chi connectivity index (χ1n) is 6.87. The van der Waals surface area contributed by atoms with Crippen molar-refractivity contribution in [3.05, 3.63) is 20.8 Å². The molecule has 2 unspecified atom stereocenters. The summed E-state index contributed by atoms with van der Waals surface area (Å²) >= 11 is 5.05. The number of nitrogens with zero attached hydrogens (tertiary/aromatic N) is 3. The quantitative estimate of drug-likeness (QED) is 0.815. The maximum atomic E-state index is 13.3. The van der Waals surface area contributed by atoms with E-state index in [4.69, 9.17) is 5.73 Å². The zero-order valence-corrected chi connectivity index (χ0v) is 14.8. The molecule has 3 heterocycles. The molecule has 7 heteroatoms. The zero-order chi connectivity index (χ0) is 15.4. The first kappa shape index (κ1) is 15.0. The van der Waals surface area contributed by atoms with Crippen LogP contribution in [0.4, 0.5) is 0 Å². The fourth-order valence-electron chi connectivity index (χ4n) is 3.28. The van der Waals surface area contributed by atoms with Gasteiger partial charge in [-0.1, -0.05) is 0 Å². The number of aliphatic imine (C=N–C) groups is 1. The lowest BCUT2D eigenvalue weighted by atomic mass is 9.78. The minimum atomic E-state index is -0.756. The van der Waals surface area contributed by atoms with Gasteiger partial charge in [-0.15, -0.1) is 11.3 Å². The van der Waals surface area contributed by atoms with Gasteiger partial charge in [0.25, 0.3) is 0 Å². The monoisotopic (exact) mass is 370 g/mol. The predicted octanol–water partition coefficient (Wildman–Crippen LogP) is 1.63. The van der Waals surface area contributed by atoms with Crippen molar-refractivity contribution < 1.29 is 4.79 Å². The van der Waals surface area contributed by atoms with Crippen LogP contribution in [-0.4, -0.2) is 54.3 Å². The topological polar surface area (TPSA) is 61.9 Å². The van der Waals surface area contributed by atoms with E-state index in [1.54, 1.807) is 16.2 Å². The molecule has 114 valence electrons. The van der Waals surface area contributed by atoms with Gasteiger partial charge in [0.1, 0.15) is 11.1 Å². The highest BCUT2D eigenvalue weighted by molar-refractivity contribution is 9.10. The van der Waals surface area contributed by atoms with Crippen LogP contribution in [0.25, 0.3) is 0 Å². The number of Topliss-reactive ketones (excluding diaryl/α,β-unsaturated/α-hetero) is 1. The fraction of sp³-hybridized carbons (Fsp3) is 0.571. The second-order valence-electron chi connectivity index (χ2n) is 6.08. The van der Waals surface area contributed by atoms with Crippen LogP contribution in [0, 0.1) is 0 Å². The van der Waals surface area contributed by atoms with Gasteiger partial charge in [-0.2, -0.15) is 0 Å². The first-order chi connectivity index (χ1) is 9.79. The van der Waals surface area contributed by atoms with E-state index in [2.05, 4.69) is 25.8 Å². The molecule has 2 aliphatic rings. The number of carbonyl (C=O) groups is 1. The molecule has 2 N–H and O–H groups in total. The molecular weight excluding hydrogens is 352 g/mol. The Bertz CT molecular complexity index is 630. The third kappa shape index (κ3) is 2.05. The Morgan fingerprint density at radius 2 is 2.19 bits per heavy atom. The third-order valence-electron chi connectivity index (χ3n) is 4.69. The number of hydrogen-bond acceptors (Lipinski definition) is 6. The van der Waals surface area contributed by atoms with E-state index in [-0.39, 0.29) is 5.78 Å². The summed E-state index contributed by atoms with van der Waals surface area (Å²) in [6, 6.07) is 2.00. The van der Waals surface area contributed by atoms with Crippen LogP contribution in [0.1, 0.15) is 18.2 Å². The smallest absolute Gasteiger partial charge is 0.193 e. The number of ketones is 1. The Hall–Kier alpha value is -0.920. The van der Waals surface area contributed by atoms with Crippen molar-refractivity contribution in [2.75, 3.05) is 27.2 Å². The lowest BCUT2D eigenvalue weighted by Crippen LogP contribution is -2.64. The normalized spacial score (nSPS) is 33.8. The van der Waals surface area contributed by atoms with Gasteiger partial charge in [0, 0.05) is 34.9 Å². The van der Waals surface area contributed by atoms with Crippen LogP contribution in [0.5, 0.6) is 0 Å². The van der Waals surface area contributed by atoms with Crippen LogP contribution in [0.3, 0.4) is 0 Å². The van der Waals surface area contributed by atoms with Gasteiger partial charge in [-0.3, -0.25) is 4.79 Å². The summed E-state index contributed by atoms with van der Waals surface area (Å²) in [6.45, 7) is 3.47. The number of hydrogen-bond donors (Lipinski definition) is 1. The highest BCUT2D eigenvalue weighted by atomic mass is 79.9. The van der Waals surface area contributed by atoms with E-state index in [1.807, 2.05) is 32.5 Å². The van der Waals surface area contributed by atoms with E-state index in [9.17, 15) is 4.79 Å². The van der Waals surface area contributed by atoms with Crippen LogP contribution in [0.2, 0.25) is 0 Å². The minimum absolute atomic E-state index is 0.144. The largest absolute Gasteiger partial charge is 0.370 e. The average Bonchev–Trinajstić information content (AvgIpc) is 3.02. The molecule has 2 aliphatic heterocycles. The molecule has 21 heavy (non-hydrogen) atoms. The van der Waals surface area contributed by atoms with E-state index < -0.39 is 11.1 Å². The van der Waals surface area contributed by atoms with Crippen molar-refractivity contribution in [2.45, 2.75) is 24.4 Å². The lowest BCUT2D eigenvalue weighted by Gasteiger charge is -2.46. The Morgan fingerprint density at radius 3 is 2.71 bits per heavy atom. The second-order valence-corrected chi connectivity index (χ2v) is 7.91. The van der Waals surface area contributed by atoms with Crippen LogP contribution < -0.4 is 5.73 Å². The number of thiophene rings is 1. The standard InChI is InChI=1S/C14H19BrN4OS/c1-13(10-6-9(15)7-21-10)11(20)14(4-5-18(2)8-14)17-12(16)19(13)3/h6-7H,4-5,8H2,1-3H3,(H2,16,17). The zero-order valence-electron chi connectivity index (χ0n) is 12.4. The van der Waals surface area contributed by atoms with Crippen molar-refractivity contribution in [1.82, 2.24) is 9.80 Å². The number of nitrogens with two attached hydrogens (primary N) is 1. The Kier molecular flexibility index (Phi) is 3.42. The van der Waals surface area contributed by atoms with Crippen LogP contribution in [-0.2, 0) is 10.3 Å². The van der Waals surface area contributed by atoms with Gasteiger partial charge in [0.2, 0.25) is 0 Å². The van der Waals surface area contributed by atoms with Gasteiger partial charge in [-0.25, -0.2) is 4.99 Å². The van der Waals surface area contributed by atoms with Gasteiger partial charge in [-0.05, 0) is 42.4 Å². The van der Waals surface area contributed by atoms with Crippen molar-refractivity contribution >= 4 is 39.0 Å². The van der Waals surface area contributed by atoms with Gasteiger partial charge < -0.3 is 15.5 Å². The summed E-state index contributed by atoms with van der Waals surface area (Å²) in [6.07, 6.45) is 0.735. The molecule has 1 fully saturated rings. The molecule has 1 aromatic heterocycles. The SMILES string of the molecule is CN1CCC2(C1)N=C(N)N(C)C(C)(c1cc(Br)cs1)C2=O. The van der Waals surface area contributed by atoms with E-state index in [1.165, 1.54) is 0 Å². The van der Waals surface area contributed by atoms with E-state index in [0.717, 1.165) is 22.3 Å². The number of likely N-dealkylation sites (tertiary alicyclic amines) is 1. The molecule has 1 aromatic rings. The number of likely N-dealkylation sites (N-methyl/N-ethyl adjacent to an activating group) is 2. The summed E-state index contributed by atoms with van der Waals surface area (Å²) in [5.74, 6) is 0.585. The second kappa shape index (κ2) is 4.79. The summed E-state index contributed by atoms with van der Waals surface area (Å²) in [5.41, 5.74) is 4.70. The van der Waals surface area contributed by atoms with Crippen LogP contribution >= 0.6 is 27.3 Å². The molecule has 0 radical (unpaired) electrons. The molecule has 2 atom stereocenters. The fourth-order valence-corrected chi connectivity index (χ4v) is 4.90. The predicted molar refractivity (Wildman–Crippen MR) is 88.6 cm³/mol. The molecule has 0 bridgehead atoms. The summed E-state index contributed by atoms with van der Waals surface area (Å²) in [5, 5.41) is 2.00. The molecule has 0 saturated carbocycles. The number of rotatable bonds is 1. The Labute approximate surface area is 136 Å². The summed E-state index contributed by atoms with van der Waals surface area (Å²) in [4.78, 5) is 22.9. The highest BCUT2D eigenvalue weighted by Gasteiger charge is 2.57. The van der Waals surface area contributed by atoms with Gasteiger partial charge in [0.15, 0.2) is 11.7 Å².